The first-order valence-electron chi connectivity index (χ1n) is 5.22. The Morgan fingerprint density at radius 1 is 1.14 bits per heavy atom. The van der Waals surface area contributed by atoms with Crippen molar-refractivity contribution in [3.8, 4) is 0 Å². The maximum Gasteiger partial charge on any atom is 0.288 e. The molecule has 3 aliphatic rings. The molecule has 3 rings (SSSR count). The summed E-state index contributed by atoms with van der Waals surface area (Å²) in [5.41, 5.74) is 0. The lowest BCUT2D eigenvalue weighted by atomic mass is 10.7. The summed E-state index contributed by atoms with van der Waals surface area (Å²) in [7, 11) is -2.27. The minimum absolute atomic E-state index is 0.432. The van der Waals surface area contributed by atoms with Crippen molar-refractivity contribution in [3.63, 3.8) is 0 Å². The standard InChI is InChI=1S/C8H16N3OPS/c1-8-11(6-7-14-8)13(12,9-2-3-9)10-4-5-10/h8H,2-7H2,1H3/t8-/m1/s1. The summed E-state index contributed by atoms with van der Waals surface area (Å²) in [4.78, 5) is 0. The molecule has 3 fully saturated rings. The van der Waals surface area contributed by atoms with E-state index in [1.807, 2.05) is 11.8 Å². The molecule has 0 aromatic carbocycles. The van der Waals surface area contributed by atoms with Gasteiger partial charge < -0.3 is 0 Å². The molecule has 0 bridgehead atoms. The molecule has 0 radical (unpaired) electrons. The van der Waals surface area contributed by atoms with Crippen LogP contribution in [-0.4, -0.2) is 57.9 Å². The van der Waals surface area contributed by atoms with Crippen LogP contribution in [0.3, 0.4) is 0 Å². The maximum absolute atomic E-state index is 12.9. The molecule has 0 aromatic rings. The van der Waals surface area contributed by atoms with Gasteiger partial charge in [0.05, 0.1) is 5.37 Å². The summed E-state index contributed by atoms with van der Waals surface area (Å²) in [5.74, 6) is 1.13. The summed E-state index contributed by atoms with van der Waals surface area (Å²) in [5, 5.41) is 0.432. The van der Waals surface area contributed by atoms with E-state index in [1.165, 1.54) is 0 Å². The predicted octanol–water partition coefficient (Wildman–Crippen LogP) is 1.12. The van der Waals surface area contributed by atoms with E-state index in [4.69, 9.17) is 0 Å². The highest BCUT2D eigenvalue weighted by atomic mass is 32.2. The first-order valence-corrected chi connectivity index (χ1v) is 7.84. The van der Waals surface area contributed by atoms with E-state index in [2.05, 4.69) is 20.9 Å². The molecule has 0 N–H and O–H groups in total. The Hall–Kier alpha value is 0.460. The van der Waals surface area contributed by atoms with Gasteiger partial charge >= 0.3 is 0 Å². The summed E-state index contributed by atoms with van der Waals surface area (Å²) >= 11 is 1.92. The summed E-state index contributed by atoms with van der Waals surface area (Å²) < 4.78 is 19.5. The number of rotatable bonds is 3. The van der Waals surface area contributed by atoms with Crippen molar-refractivity contribution in [1.82, 2.24) is 14.0 Å². The van der Waals surface area contributed by atoms with Gasteiger partial charge in [-0.05, 0) is 6.92 Å². The summed E-state index contributed by atoms with van der Waals surface area (Å²) in [6.07, 6.45) is 0. The van der Waals surface area contributed by atoms with Gasteiger partial charge in [-0.1, -0.05) is 0 Å². The Morgan fingerprint density at radius 2 is 1.71 bits per heavy atom. The second kappa shape index (κ2) is 3.22. The van der Waals surface area contributed by atoms with E-state index >= 15 is 0 Å². The second-order valence-electron chi connectivity index (χ2n) is 4.05. The molecular formula is C8H16N3OPS. The van der Waals surface area contributed by atoms with Gasteiger partial charge in [0.1, 0.15) is 0 Å². The molecule has 3 heterocycles. The molecule has 0 unspecified atom stereocenters. The normalized spacial score (nSPS) is 35.1. The Bertz CT molecular complexity index is 276. The fourth-order valence-electron chi connectivity index (χ4n) is 2.04. The van der Waals surface area contributed by atoms with Gasteiger partial charge in [0.2, 0.25) is 0 Å². The first-order chi connectivity index (χ1) is 6.73. The molecule has 0 saturated carbocycles. The van der Waals surface area contributed by atoms with Gasteiger partial charge in [-0.3, -0.25) is 4.57 Å². The number of hydrogen-bond acceptors (Lipinski definition) is 2. The molecule has 3 saturated heterocycles. The lowest BCUT2D eigenvalue weighted by Crippen LogP contribution is -2.29. The highest BCUT2D eigenvalue weighted by Crippen LogP contribution is 2.65. The topological polar surface area (TPSA) is 26.3 Å². The van der Waals surface area contributed by atoms with Crippen LogP contribution in [0.4, 0.5) is 0 Å². The molecule has 0 aliphatic carbocycles. The third-order valence-electron chi connectivity index (χ3n) is 3.02. The van der Waals surface area contributed by atoms with Crippen molar-refractivity contribution >= 4 is 19.4 Å². The molecule has 3 aliphatic heterocycles. The Kier molecular flexibility index (Phi) is 2.23. The highest BCUT2D eigenvalue weighted by molar-refractivity contribution is 8.00. The average molecular weight is 233 g/mol. The van der Waals surface area contributed by atoms with Gasteiger partial charge in [0, 0.05) is 38.5 Å². The summed E-state index contributed by atoms with van der Waals surface area (Å²) in [6, 6.07) is 0. The number of thioether (sulfide) groups is 1. The average Bonchev–Trinajstić information content (AvgIpc) is 3.00. The number of nitrogens with zero attached hydrogens (tertiary/aromatic N) is 3. The van der Waals surface area contributed by atoms with E-state index in [0.29, 0.717) is 5.37 Å². The van der Waals surface area contributed by atoms with Crippen LogP contribution in [-0.2, 0) is 4.57 Å². The van der Waals surface area contributed by atoms with E-state index in [1.54, 1.807) is 0 Å². The van der Waals surface area contributed by atoms with Crippen LogP contribution in [0.1, 0.15) is 6.92 Å². The third kappa shape index (κ3) is 1.38. The lowest BCUT2D eigenvalue weighted by molar-refractivity contribution is 0.386. The fraction of sp³-hybridized carbons (Fsp3) is 1.00. The van der Waals surface area contributed by atoms with Crippen LogP contribution in [0, 0.1) is 0 Å². The summed E-state index contributed by atoms with van der Waals surface area (Å²) in [6.45, 7) is 7.29. The maximum atomic E-state index is 12.9. The smallest absolute Gasteiger partial charge is 0.270 e. The van der Waals surface area contributed by atoms with Crippen LogP contribution in [0.15, 0.2) is 0 Å². The minimum atomic E-state index is -2.27. The zero-order chi connectivity index (χ0) is 9.76. The van der Waals surface area contributed by atoms with Crippen LogP contribution < -0.4 is 0 Å². The second-order valence-corrected chi connectivity index (χ2v) is 8.15. The van der Waals surface area contributed by atoms with Crippen LogP contribution in [0.2, 0.25) is 0 Å². The van der Waals surface area contributed by atoms with Crippen molar-refractivity contribution in [2.24, 2.45) is 0 Å². The van der Waals surface area contributed by atoms with E-state index < -0.39 is 7.59 Å². The van der Waals surface area contributed by atoms with Crippen molar-refractivity contribution in [3.05, 3.63) is 0 Å². The van der Waals surface area contributed by atoms with E-state index in [-0.39, 0.29) is 0 Å². The highest BCUT2D eigenvalue weighted by Gasteiger charge is 2.53. The molecule has 6 heteroatoms. The zero-order valence-electron chi connectivity index (χ0n) is 8.43. The van der Waals surface area contributed by atoms with Crippen LogP contribution in [0.25, 0.3) is 0 Å². The van der Waals surface area contributed by atoms with Crippen molar-refractivity contribution in [1.29, 1.82) is 0 Å². The zero-order valence-corrected chi connectivity index (χ0v) is 10.1. The molecule has 0 aromatic heterocycles. The van der Waals surface area contributed by atoms with Crippen molar-refractivity contribution in [2.75, 3.05) is 38.5 Å². The number of hydrogen-bond donors (Lipinski definition) is 0. The quantitative estimate of drug-likeness (QED) is 0.537. The molecular weight excluding hydrogens is 217 g/mol. The van der Waals surface area contributed by atoms with Gasteiger partial charge in [-0.15, -0.1) is 11.8 Å². The van der Waals surface area contributed by atoms with Gasteiger partial charge in [0.25, 0.3) is 7.59 Å². The van der Waals surface area contributed by atoms with E-state index in [0.717, 1.165) is 38.5 Å². The predicted molar refractivity (Wildman–Crippen MR) is 59.4 cm³/mol. The van der Waals surface area contributed by atoms with Gasteiger partial charge in [-0.2, -0.15) is 0 Å². The molecule has 80 valence electrons. The van der Waals surface area contributed by atoms with Crippen molar-refractivity contribution in [2.45, 2.75) is 12.3 Å². The van der Waals surface area contributed by atoms with Crippen molar-refractivity contribution < 1.29 is 4.57 Å². The molecule has 14 heavy (non-hydrogen) atoms. The molecule has 4 nitrogen and oxygen atoms in total. The lowest BCUT2D eigenvalue weighted by Gasteiger charge is -2.31. The van der Waals surface area contributed by atoms with Crippen LogP contribution in [0.5, 0.6) is 0 Å². The van der Waals surface area contributed by atoms with Gasteiger partial charge in [-0.25, -0.2) is 14.0 Å². The van der Waals surface area contributed by atoms with Crippen LogP contribution >= 0.6 is 19.4 Å². The first kappa shape index (κ1) is 9.67. The third-order valence-corrected chi connectivity index (χ3v) is 7.82. The minimum Gasteiger partial charge on any atom is -0.270 e. The molecule has 0 amide bonds. The largest absolute Gasteiger partial charge is 0.288 e. The Balaban J connectivity index is 1.86. The molecule has 0 spiro atoms. The van der Waals surface area contributed by atoms with E-state index in [9.17, 15) is 4.57 Å². The SMILES string of the molecule is C[C@H]1SCCN1P(=O)(N1CC1)N1CC1. The monoisotopic (exact) mass is 233 g/mol. The Morgan fingerprint density at radius 3 is 2.07 bits per heavy atom. The van der Waals surface area contributed by atoms with Gasteiger partial charge in [0.15, 0.2) is 0 Å². The molecule has 1 atom stereocenters. The fourth-order valence-corrected chi connectivity index (χ4v) is 6.68. The Labute approximate surface area is 89.1 Å².